The van der Waals surface area contributed by atoms with Crippen molar-refractivity contribution in [3.8, 4) is 0 Å². The Morgan fingerprint density at radius 1 is 1.44 bits per heavy atom. The predicted octanol–water partition coefficient (Wildman–Crippen LogP) is 0.0226. The standard InChI is InChI=1S/C13H27N3O2/c1-15(7-8-18-3)11-13(17)16(2)10-12-5-4-6-14-9-12/h12,14H,4-11H2,1-3H3/t12-/m1/s1. The Morgan fingerprint density at radius 2 is 2.22 bits per heavy atom. The summed E-state index contributed by atoms with van der Waals surface area (Å²) in [5.41, 5.74) is 0. The molecule has 0 aromatic carbocycles. The topological polar surface area (TPSA) is 44.8 Å². The number of piperidine rings is 1. The first kappa shape index (κ1) is 15.4. The van der Waals surface area contributed by atoms with Crippen molar-refractivity contribution in [3.63, 3.8) is 0 Å². The van der Waals surface area contributed by atoms with Crippen molar-refractivity contribution in [2.75, 3.05) is 60.5 Å². The number of nitrogens with one attached hydrogen (secondary N) is 1. The number of hydrogen-bond donors (Lipinski definition) is 1. The molecule has 1 heterocycles. The molecule has 5 nitrogen and oxygen atoms in total. The maximum absolute atomic E-state index is 12.0. The predicted molar refractivity (Wildman–Crippen MR) is 72.6 cm³/mol. The van der Waals surface area contributed by atoms with Gasteiger partial charge in [0, 0.05) is 27.2 Å². The van der Waals surface area contributed by atoms with Gasteiger partial charge < -0.3 is 15.0 Å². The second-order valence-electron chi connectivity index (χ2n) is 5.22. The van der Waals surface area contributed by atoms with Gasteiger partial charge in [-0.2, -0.15) is 0 Å². The van der Waals surface area contributed by atoms with Gasteiger partial charge in [-0.25, -0.2) is 0 Å². The molecule has 0 aliphatic carbocycles. The van der Waals surface area contributed by atoms with Gasteiger partial charge in [0.05, 0.1) is 13.2 Å². The SMILES string of the molecule is COCCN(C)CC(=O)N(C)C[C@@H]1CCCNC1. The van der Waals surface area contributed by atoms with E-state index in [0.29, 0.717) is 19.1 Å². The van der Waals surface area contributed by atoms with Gasteiger partial charge in [-0.15, -0.1) is 0 Å². The Morgan fingerprint density at radius 3 is 2.83 bits per heavy atom. The Hall–Kier alpha value is -0.650. The van der Waals surface area contributed by atoms with Gasteiger partial charge in [-0.3, -0.25) is 9.69 Å². The highest BCUT2D eigenvalue weighted by atomic mass is 16.5. The van der Waals surface area contributed by atoms with Gasteiger partial charge in [-0.05, 0) is 38.9 Å². The summed E-state index contributed by atoms with van der Waals surface area (Å²) in [6.45, 7) is 4.95. The number of carbonyl (C=O) groups excluding carboxylic acids is 1. The lowest BCUT2D eigenvalue weighted by Gasteiger charge is -2.28. The van der Waals surface area contributed by atoms with Crippen LogP contribution in [0.2, 0.25) is 0 Å². The maximum Gasteiger partial charge on any atom is 0.236 e. The third-order valence-electron chi connectivity index (χ3n) is 3.44. The first-order valence-corrected chi connectivity index (χ1v) is 6.75. The Kier molecular flexibility index (Phi) is 7.23. The molecule has 1 N–H and O–H groups in total. The zero-order chi connectivity index (χ0) is 13.4. The molecule has 0 aromatic rings. The average Bonchev–Trinajstić information content (AvgIpc) is 2.37. The molecule has 0 bridgehead atoms. The first-order valence-electron chi connectivity index (χ1n) is 6.75. The Bertz CT molecular complexity index is 242. The molecule has 18 heavy (non-hydrogen) atoms. The minimum Gasteiger partial charge on any atom is -0.383 e. The van der Waals surface area contributed by atoms with Crippen LogP contribution in [0.4, 0.5) is 0 Å². The number of rotatable bonds is 7. The van der Waals surface area contributed by atoms with Crippen molar-refractivity contribution in [3.05, 3.63) is 0 Å². The van der Waals surface area contributed by atoms with E-state index in [1.54, 1.807) is 7.11 Å². The van der Waals surface area contributed by atoms with Gasteiger partial charge in [0.15, 0.2) is 0 Å². The monoisotopic (exact) mass is 257 g/mol. The molecular formula is C13H27N3O2. The smallest absolute Gasteiger partial charge is 0.236 e. The van der Waals surface area contributed by atoms with Crippen LogP contribution in [0, 0.1) is 5.92 Å². The minimum absolute atomic E-state index is 0.194. The lowest BCUT2D eigenvalue weighted by Crippen LogP contribution is -2.42. The molecule has 1 rings (SSSR count). The summed E-state index contributed by atoms with van der Waals surface area (Å²) >= 11 is 0. The third-order valence-corrected chi connectivity index (χ3v) is 3.44. The van der Waals surface area contributed by atoms with E-state index in [4.69, 9.17) is 4.74 Å². The molecule has 106 valence electrons. The van der Waals surface area contributed by atoms with Crippen molar-refractivity contribution >= 4 is 5.91 Å². The molecule has 0 aromatic heterocycles. The van der Waals surface area contributed by atoms with E-state index in [1.807, 2.05) is 23.9 Å². The quantitative estimate of drug-likeness (QED) is 0.698. The summed E-state index contributed by atoms with van der Waals surface area (Å²) in [6, 6.07) is 0. The molecule has 1 fully saturated rings. The summed E-state index contributed by atoms with van der Waals surface area (Å²) in [5.74, 6) is 0.802. The lowest BCUT2D eigenvalue weighted by molar-refractivity contribution is -0.131. The van der Waals surface area contributed by atoms with Crippen molar-refractivity contribution in [1.29, 1.82) is 0 Å². The number of amides is 1. The Labute approximate surface area is 110 Å². The van der Waals surface area contributed by atoms with Crippen molar-refractivity contribution in [1.82, 2.24) is 15.1 Å². The van der Waals surface area contributed by atoms with Crippen LogP contribution in [0.5, 0.6) is 0 Å². The number of nitrogens with zero attached hydrogens (tertiary/aromatic N) is 2. The summed E-state index contributed by atoms with van der Waals surface area (Å²) in [7, 11) is 5.53. The molecular weight excluding hydrogens is 230 g/mol. The molecule has 0 unspecified atom stereocenters. The minimum atomic E-state index is 0.194. The fourth-order valence-corrected chi connectivity index (χ4v) is 2.25. The second kappa shape index (κ2) is 8.45. The highest BCUT2D eigenvalue weighted by molar-refractivity contribution is 5.77. The Balaban J connectivity index is 2.22. The van der Waals surface area contributed by atoms with E-state index in [2.05, 4.69) is 5.32 Å². The van der Waals surface area contributed by atoms with Gasteiger partial charge in [-0.1, -0.05) is 0 Å². The van der Waals surface area contributed by atoms with Crippen molar-refractivity contribution in [2.45, 2.75) is 12.8 Å². The fraction of sp³-hybridized carbons (Fsp3) is 0.923. The number of carbonyl (C=O) groups is 1. The van der Waals surface area contributed by atoms with Gasteiger partial charge in [0.1, 0.15) is 0 Å². The molecule has 1 aliphatic heterocycles. The van der Waals surface area contributed by atoms with Crippen LogP contribution < -0.4 is 5.32 Å². The second-order valence-corrected chi connectivity index (χ2v) is 5.22. The van der Waals surface area contributed by atoms with E-state index in [0.717, 1.165) is 26.2 Å². The van der Waals surface area contributed by atoms with Crippen LogP contribution in [0.1, 0.15) is 12.8 Å². The number of likely N-dealkylation sites (N-methyl/N-ethyl adjacent to an activating group) is 2. The molecule has 0 spiro atoms. The maximum atomic E-state index is 12.0. The first-order chi connectivity index (χ1) is 8.63. The number of hydrogen-bond acceptors (Lipinski definition) is 4. The highest BCUT2D eigenvalue weighted by Gasteiger charge is 2.18. The normalized spacial score (nSPS) is 20.1. The van der Waals surface area contributed by atoms with Gasteiger partial charge >= 0.3 is 0 Å². The zero-order valence-electron chi connectivity index (χ0n) is 11.9. The molecule has 1 saturated heterocycles. The lowest BCUT2D eigenvalue weighted by atomic mass is 9.99. The van der Waals surface area contributed by atoms with Crippen LogP contribution in [0.3, 0.4) is 0 Å². The molecule has 1 aliphatic rings. The van der Waals surface area contributed by atoms with Gasteiger partial charge in [0.2, 0.25) is 5.91 Å². The van der Waals surface area contributed by atoms with E-state index in [-0.39, 0.29) is 5.91 Å². The van der Waals surface area contributed by atoms with E-state index in [1.165, 1.54) is 12.8 Å². The summed E-state index contributed by atoms with van der Waals surface area (Å²) < 4.78 is 5.00. The number of ether oxygens (including phenoxy) is 1. The van der Waals surface area contributed by atoms with Crippen LogP contribution in [0.15, 0.2) is 0 Å². The van der Waals surface area contributed by atoms with E-state index >= 15 is 0 Å². The third kappa shape index (κ3) is 5.80. The van der Waals surface area contributed by atoms with Crippen LogP contribution in [-0.4, -0.2) is 76.2 Å². The van der Waals surface area contributed by atoms with Gasteiger partial charge in [0.25, 0.3) is 0 Å². The molecule has 1 atom stereocenters. The molecule has 0 saturated carbocycles. The van der Waals surface area contributed by atoms with Crippen molar-refractivity contribution < 1.29 is 9.53 Å². The summed E-state index contributed by atoms with van der Waals surface area (Å²) in [5, 5.41) is 3.38. The summed E-state index contributed by atoms with van der Waals surface area (Å²) in [4.78, 5) is 15.9. The molecule has 1 amide bonds. The highest BCUT2D eigenvalue weighted by Crippen LogP contribution is 2.11. The number of methoxy groups -OCH3 is 1. The van der Waals surface area contributed by atoms with Crippen LogP contribution in [-0.2, 0) is 9.53 Å². The van der Waals surface area contributed by atoms with Crippen molar-refractivity contribution in [2.24, 2.45) is 5.92 Å². The zero-order valence-corrected chi connectivity index (χ0v) is 11.9. The molecule has 5 heteroatoms. The van der Waals surface area contributed by atoms with Crippen LogP contribution in [0.25, 0.3) is 0 Å². The van der Waals surface area contributed by atoms with E-state index in [9.17, 15) is 4.79 Å². The van der Waals surface area contributed by atoms with E-state index < -0.39 is 0 Å². The largest absolute Gasteiger partial charge is 0.383 e. The van der Waals surface area contributed by atoms with Crippen LogP contribution >= 0.6 is 0 Å². The summed E-state index contributed by atoms with van der Waals surface area (Å²) in [6.07, 6.45) is 2.45. The average molecular weight is 257 g/mol. The fourth-order valence-electron chi connectivity index (χ4n) is 2.25. The molecule has 0 radical (unpaired) electrons.